The van der Waals surface area contributed by atoms with Gasteiger partial charge in [-0.2, -0.15) is 0 Å². The Hall–Kier alpha value is -2.73. The van der Waals surface area contributed by atoms with Gasteiger partial charge in [0.15, 0.2) is 0 Å². The van der Waals surface area contributed by atoms with Crippen LogP contribution in [0.1, 0.15) is 42.6 Å². The number of methoxy groups -OCH3 is 1. The lowest BCUT2D eigenvalue weighted by Gasteiger charge is -2.39. The van der Waals surface area contributed by atoms with Crippen LogP contribution in [-0.2, 0) is 5.41 Å². The number of piperidine rings is 1. The molecule has 6 heteroatoms. The van der Waals surface area contributed by atoms with Crippen LogP contribution in [0.4, 0.5) is 14.5 Å². The number of anilines is 1. The van der Waals surface area contributed by atoms with Gasteiger partial charge in [0.2, 0.25) is 0 Å². The van der Waals surface area contributed by atoms with E-state index in [0.717, 1.165) is 67.7 Å². The monoisotopic (exact) mass is 426 g/mol. The number of fused-ring (bicyclic) bond motifs is 2. The number of rotatable bonds is 4. The van der Waals surface area contributed by atoms with Gasteiger partial charge in [0, 0.05) is 35.8 Å². The van der Waals surface area contributed by atoms with E-state index in [4.69, 9.17) is 4.74 Å². The van der Waals surface area contributed by atoms with Crippen molar-refractivity contribution in [3.05, 3.63) is 70.8 Å². The number of allylic oxidation sites excluding steroid dienone is 1. The van der Waals surface area contributed by atoms with Gasteiger partial charge in [0.05, 0.1) is 7.11 Å². The van der Waals surface area contributed by atoms with Crippen molar-refractivity contribution in [1.82, 2.24) is 4.90 Å². The Labute approximate surface area is 182 Å². The fourth-order valence-electron chi connectivity index (χ4n) is 4.69. The van der Waals surface area contributed by atoms with Gasteiger partial charge in [-0.05, 0) is 75.7 Å². The maximum Gasteiger partial charge on any atom is 0.258 e. The molecule has 0 atom stereocenters. The van der Waals surface area contributed by atoms with Crippen LogP contribution in [0.5, 0.6) is 5.75 Å². The molecule has 31 heavy (non-hydrogen) atoms. The molecule has 2 aromatic carbocycles. The SMILES string of the molecule is COc1ccc2c(c1)C1(CCN(CC=C(C)C)CC1)CN2C(=O)c1cc(F)cc(F)c1. The quantitative estimate of drug-likeness (QED) is 0.650. The van der Waals surface area contributed by atoms with E-state index in [9.17, 15) is 13.6 Å². The first-order chi connectivity index (χ1) is 14.8. The minimum atomic E-state index is -0.750. The maximum atomic E-state index is 13.8. The highest BCUT2D eigenvalue weighted by Gasteiger charge is 2.46. The highest BCUT2D eigenvalue weighted by molar-refractivity contribution is 6.07. The van der Waals surface area contributed by atoms with Gasteiger partial charge in [0.25, 0.3) is 5.91 Å². The third kappa shape index (κ3) is 4.22. The van der Waals surface area contributed by atoms with Crippen molar-refractivity contribution in [2.45, 2.75) is 32.1 Å². The lowest BCUT2D eigenvalue weighted by atomic mass is 9.74. The van der Waals surface area contributed by atoms with Gasteiger partial charge in [-0.25, -0.2) is 8.78 Å². The fourth-order valence-corrected chi connectivity index (χ4v) is 4.69. The summed E-state index contributed by atoms with van der Waals surface area (Å²) in [5.41, 5.74) is 3.02. The molecule has 0 aromatic heterocycles. The number of halogens is 2. The number of nitrogens with zero attached hydrogens (tertiary/aromatic N) is 2. The van der Waals surface area contributed by atoms with Gasteiger partial charge in [0.1, 0.15) is 17.4 Å². The molecule has 0 aliphatic carbocycles. The third-order valence-electron chi connectivity index (χ3n) is 6.45. The van der Waals surface area contributed by atoms with Crippen LogP contribution < -0.4 is 9.64 Å². The van der Waals surface area contributed by atoms with Crippen molar-refractivity contribution in [3.8, 4) is 5.75 Å². The van der Waals surface area contributed by atoms with Crippen LogP contribution in [-0.4, -0.2) is 44.1 Å². The number of likely N-dealkylation sites (tertiary alicyclic amines) is 1. The largest absolute Gasteiger partial charge is 0.497 e. The van der Waals surface area contributed by atoms with E-state index in [1.807, 2.05) is 18.2 Å². The summed E-state index contributed by atoms with van der Waals surface area (Å²) in [6, 6.07) is 8.70. The molecule has 0 saturated carbocycles. The van der Waals surface area contributed by atoms with Crippen LogP contribution in [0.15, 0.2) is 48.0 Å². The molecule has 1 spiro atoms. The van der Waals surface area contributed by atoms with E-state index >= 15 is 0 Å². The Morgan fingerprint density at radius 2 is 1.77 bits per heavy atom. The standard InChI is InChI=1S/C25H28F2N2O2/c1-17(2)6-9-28-10-7-25(8-11-28)16-29(23-5-4-21(31-3)15-22(23)25)24(30)18-12-19(26)14-20(27)13-18/h4-6,12-15H,7-11,16H2,1-3H3. The first-order valence-electron chi connectivity index (χ1n) is 10.6. The smallest absolute Gasteiger partial charge is 0.258 e. The predicted octanol–water partition coefficient (Wildman–Crippen LogP) is 4.93. The Balaban J connectivity index is 1.65. The Bertz CT molecular complexity index is 1000. The summed E-state index contributed by atoms with van der Waals surface area (Å²) in [6.07, 6.45) is 4.05. The predicted molar refractivity (Wildman–Crippen MR) is 118 cm³/mol. The van der Waals surface area contributed by atoms with Crippen LogP contribution in [0.2, 0.25) is 0 Å². The van der Waals surface area contributed by atoms with Crippen LogP contribution in [0.3, 0.4) is 0 Å². The molecule has 4 nitrogen and oxygen atoms in total. The minimum Gasteiger partial charge on any atom is -0.497 e. The molecule has 0 unspecified atom stereocenters. The van der Waals surface area contributed by atoms with E-state index < -0.39 is 11.6 Å². The first kappa shape index (κ1) is 21.5. The highest BCUT2D eigenvalue weighted by atomic mass is 19.1. The van der Waals surface area contributed by atoms with Crippen molar-refractivity contribution in [3.63, 3.8) is 0 Å². The van der Waals surface area contributed by atoms with Crippen molar-refractivity contribution in [2.24, 2.45) is 0 Å². The molecule has 2 heterocycles. The Kier molecular flexibility index (Phi) is 5.84. The second kappa shape index (κ2) is 8.42. The number of ether oxygens (including phenoxy) is 1. The van der Waals surface area contributed by atoms with Crippen LogP contribution >= 0.6 is 0 Å². The van der Waals surface area contributed by atoms with Crippen LogP contribution in [0.25, 0.3) is 0 Å². The van der Waals surface area contributed by atoms with Crippen molar-refractivity contribution >= 4 is 11.6 Å². The number of hydrogen-bond acceptors (Lipinski definition) is 3. The molecule has 164 valence electrons. The third-order valence-corrected chi connectivity index (χ3v) is 6.45. The molecular formula is C25H28F2N2O2. The molecule has 1 saturated heterocycles. The molecular weight excluding hydrogens is 398 g/mol. The van der Waals surface area contributed by atoms with Crippen molar-refractivity contribution < 1.29 is 18.3 Å². The van der Waals surface area contributed by atoms with E-state index in [1.165, 1.54) is 5.57 Å². The van der Waals surface area contributed by atoms with E-state index in [-0.39, 0.29) is 16.9 Å². The molecule has 0 bridgehead atoms. The number of amides is 1. The molecule has 1 fully saturated rings. The summed E-state index contributed by atoms with van der Waals surface area (Å²) in [7, 11) is 1.63. The summed E-state index contributed by atoms with van der Waals surface area (Å²) in [6.45, 7) is 7.49. The summed E-state index contributed by atoms with van der Waals surface area (Å²) >= 11 is 0. The number of benzene rings is 2. The minimum absolute atomic E-state index is 0.0253. The molecule has 0 radical (unpaired) electrons. The lowest BCUT2D eigenvalue weighted by molar-refractivity contribution is 0.0977. The number of hydrogen-bond donors (Lipinski definition) is 0. The molecule has 2 aromatic rings. The van der Waals surface area contributed by atoms with Gasteiger partial charge in [-0.3, -0.25) is 9.69 Å². The molecule has 2 aliphatic heterocycles. The average Bonchev–Trinajstić information content (AvgIpc) is 3.05. The van der Waals surface area contributed by atoms with E-state index in [0.29, 0.717) is 6.54 Å². The molecule has 2 aliphatic rings. The molecule has 1 amide bonds. The zero-order chi connectivity index (χ0) is 22.2. The average molecular weight is 427 g/mol. The number of carbonyl (C=O) groups excluding carboxylic acids is 1. The normalized spacial score (nSPS) is 17.5. The maximum absolute atomic E-state index is 13.8. The first-order valence-corrected chi connectivity index (χ1v) is 10.6. The van der Waals surface area contributed by atoms with E-state index in [2.05, 4.69) is 24.8 Å². The summed E-state index contributed by atoms with van der Waals surface area (Å²) in [5.74, 6) is -1.13. The van der Waals surface area contributed by atoms with E-state index in [1.54, 1.807) is 12.0 Å². The fraction of sp³-hybridized carbons (Fsp3) is 0.400. The molecule has 0 N–H and O–H groups in total. The second-order valence-electron chi connectivity index (χ2n) is 8.79. The zero-order valence-electron chi connectivity index (χ0n) is 18.3. The van der Waals surface area contributed by atoms with Gasteiger partial charge >= 0.3 is 0 Å². The Morgan fingerprint density at radius 3 is 2.39 bits per heavy atom. The van der Waals surface area contributed by atoms with Crippen molar-refractivity contribution in [2.75, 3.05) is 38.2 Å². The Morgan fingerprint density at radius 1 is 1.10 bits per heavy atom. The van der Waals surface area contributed by atoms with Crippen LogP contribution in [0, 0.1) is 11.6 Å². The summed E-state index contributed by atoms with van der Waals surface area (Å²) in [4.78, 5) is 17.4. The molecule has 4 rings (SSSR count). The van der Waals surface area contributed by atoms with Gasteiger partial charge < -0.3 is 9.64 Å². The zero-order valence-corrected chi connectivity index (χ0v) is 18.3. The summed E-state index contributed by atoms with van der Waals surface area (Å²) in [5, 5.41) is 0. The second-order valence-corrected chi connectivity index (χ2v) is 8.79. The highest BCUT2D eigenvalue weighted by Crippen LogP contribution is 2.48. The summed E-state index contributed by atoms with van der Waals surface area (Å²) < 4.78 is 33.0. The van der Waals surface area contributed by atoms with Gasteiger partial charge in [-0.15, -0.1) is 0 Å². The van der Waals surface area contributed by atoms with Crippen molar-refractivity contribution in [1.29, 1.82) is 0 Å². The lowest BCUT2D eigenvalue weighted by Crippen LogP contribution is -2.46. The topological polar surface area (TPSA) is 32.8 Å². The number of carbonyl (C=O) groups is 1. The van der Waals surface area contributed by atoms with Gasteiger partial charge in [-0.1, -0.05) is 11.6 Å².